The maximum Gasteiger partial charge on any atom is 0.303 e. The number of hydrogen-bond acceptors (Lipinski definition) is 2. The van der Waals surface area contributed by atoms with Crippen LogP contribution in [0.3, 0.4) is 0 Å². The monoisotopic (exact) mass is 293 g/mol. The number of carboxylic acids is 1. The van der Waals surface area contributed by atoms with Crippen molar-refractivity contribution in [1.29, 1.82) is 0 Å². The molecule has 0 fully saturated rings. The van der Waals surface area contributed by atoms with Crippen molar-refractivity contribution in [1.82, 2.24) is 5.34 Å². The fraction of sp³-hybridized carbons (Fsp3) is 0.933. The van der Waals surface area contributed by atoms with E-state index in [0.717, 1.165) is 38.5 Å². The standard InChI is InChI=1S/C15H29F2NO2/c16-18(17)14-12-10-8-6-4-2-1-3-5-7-9-11-13-15(19)20/h1-14H2,(H,19,20). The predicted octanol–water partition coefficient (Wildman–Crippen LogP) is 5.21. The Kier molecular flexibility index (Phi) is 14.2. The smallest absolute Gasteiger partial charge is 0.303 e. The van der Waals surface area contributed by atoms with Crippen molar-refractivity contribution in [3.63, 3.8) is 0 Å². The molecule has 0 saturated carbocycles. The molecule has 0 unspecified atom stereocenters. The molecule has 5 heteroatoms. The van der Waals surface area contributed by atoms with Crippen LogP contribution in [0.1, 0.15) is 83.5 Å². The predicted molar refractivity (Wildman–Crippen MR) is 76.6 cm³/mol. The molecule has 3 nitrogen and oxygen atoms in total. The van der Waals surface area contributed by atoms with Crippen molar-refractivity contribution in [3.8, 4) is 0 Å². The van der Waals surface area contributed by atoms with Crippen molar-refractivity contribution in [2.24, 2.45) is 0 Å². The van der Waals surface area contributed by atoms with E-state index >= 15 is 0 Å². The van der Waals surface area contributed by atoms with Gasteiger partial charge in [0.1, 0.15) is 0 Å². The zero-order chi connectivity index (χ0) is 15.1. The average Bonchev–Trinajstić information content (AvgIpc) is 2.38. The van der Waals surface area contributed by atoms with Gasteiger partial charge in [-0.3, -0.25) is 4.79 Å². The first kappa shape index (κ1) is 19.3. The summed E-state index contributed by atoms with van der Waals surface area (Å²) in [5, 5.41) is 7.74. The highest BCUT2D eigenvalue weighted by atomic mass is 19.4. The minimum absolute atomic E-state index is 0.109. The Hall–Kier alpha value is -0.710. The van der Waals surface area contributed by atoms with Crippen molar-refractivity contribution >= 4 is 5.97 Å². The molecule has 0 aliphatic carbocycles. The summed E-state index contributed by atoms with van der Waals surface area (Å²) in [6, 6.07) is 0. The number of nitrogens with zero attached hydrogens (tertiary/aromatic N) is 1. The van der Waals surface area contributed by atoms with Gasteiger partial charge in [0.05, 0.1) is 6.54 Å². The minimum Gasteiger partial charge on any atom is -0.481 e. The SMILES string of the molecule is O=C(O)CCCCCCCCCCCCCCN(F)F. The molecule has 120 valence electrons. The lowest BCUT2D eigenvalue weighted by atomic mass is 10.0. The molecule has 0 amide bonds. The molecule has 0 spiro atoms. The van der Waals surface area contributed by atoms with Crippen LogP contribution in [0.25, 0.3) is 0 Å². The molecular formula is C15H29F2NO2. The van der Waals surface area contributed by atoms with Crippen LogP contribution in [0.15, 0.2) is 0 Å². The fourth-order valence-electron chi connectivity index (χ4n) is 2.28. The number of rotatable bonds is 15. The molecule has 0 bridgehead atoms. The van der Waals surface area contributed by atoms with Crippen molar-refractivity contribution in [2.45, 2.75) is 83.5 Å². The molecule has 0 heterocycles. The molecule has 0 radical (unpaired) electrons. The Bertz CT molecular complexity index is 226. The third-order valence-corrected chi connectivity index (χ3v) is 3.47. The summed E-state index contributed by atoms with van der Waals surface area (Å²) in [4.78, 5) is 10.3. The summed E-state index contributed by atoms with van der Waals surface area (Å²) in [7, 11) is 0. The lowest BCUT2D eigenvalue weighted by molar-refractivity contribution is -0.153. The molecule has 0 aromatic heterocycles. The summed E-state index contributed by atoms with van der Waals surface area (Å²) < 4.78 is 23.4. The van der Waals surface area contributed by atoms with E-state index in [9.17, 15) is 13.8 Å². The van der Waals surface area contributed by atoms with Gasteiger partial charge in [-0.25, -0.2) is 0 Å². The molecular weight excluding hydrogens is 264 g/mol. The van der Waals surface area contributed by atoms with Gasteiger partial charge in [-0.1, -0.05) is 64.2 Å². The van der Waals surface area contributed by atoms with Gasteiger partial charge in [0.15, 0.2) is 0 Å². The van der Waals surface area contributed by atoms with Gasteiger partial charge in [-0.2, -0.15) is 0 Å². The molecule has 0 rings (SSSR count). The number of carboxylic acid groups (broad SMARTS) is 1. The van der Waals surface area contributed by atoms with Crippen LogP contribution in [-0.4, -0.2) is 23.0 Å². The first-order valence-electron chi connectivity index (χ1n) is 7.94. The zero-order valence-electron chi connectivity index (χ0n) is 12.5. The molecule has 0 atom stereocenters. The van der Waals surface area contributed by atoms with E-state index in [-0.39, 0.29) is 6.54 Å². The number of hydrogen-bond donors (Lipinski definition) is 1. The Morgan fingerprint density at radius 1 is 0.700 bits per heavy atom. The maximum atomic E-state index is 11.7. The van der Waals surface area contributed by atoms with Gasteiger partial charge in [0.2, 0.25) is 0 Å². The topological polar surface area (TPSA) is 40.5 Å². The fourth-order valence-corrected chi connectivity index (χ4v) is 2.28. The molecule has 20 heavy (non-hydrogen) atoms. The average molecular weight is 293 g/mol. The highest BCUT2D eigenvalue weighted by molar-refractivity contribution is 5.66. The van der Waals surface area contributed by atoms with E-state index in [4.69, 9.17) is 5.11 Å². The highest BCUT2D eigenvalue weighted by Crippen LogP contribution is 2.12. The highest BCUT2D eigenvalue weighted by Gasteiger charge is 1.98. The second-order valence-corrected chi connectivity index (χ2v) is 5.41. The van der Waals surface area contributed by atoms with Gasteiger partial charge < -0.3 is 5.11 Å². The lowest BCUT2D eigenvalue weighted by Gasteiger charge is -2.03. The molecule has 0 aliphatic heterocycles. The molecule has 0 aromatic carbocycles. The van der Waals surface area contributed by atoms with E-state index in [1.807, 2.05) is 0 Å². The first-order valence-corrected chi connectivity index (χ1v) is 7.94. The Morgan fingerprint density at radius 3 is 1.40 bits per heavy atom. The van der Waals surface area contributed by atoms with Crippen LogP contribution in [-0.2, 0) is 4.79 Å². The van der Waals surface area contributed by atoms with Gasteiger partial charge in [-0.15, -0.1) is 8.96 Å². The second kappa shape index (κ2) is 14.7. The lowest BCUT2D eigenvalue weighted by Crippen LogP contribution is -2.02. The van der Waals surface area contributed by atoms with Crippen LogP contribution in [0.5, 0.6) is 0 Å². The van der Waals surface area contributed by atoms with Crippen molar-refractivity contribution in [3.05, 3.63) is 0 Å². The second-order valence-electron chi connectivity index (χ2n) is 5.41. The maximum absolute atomic E-state index is 11.7. The summed E-state index contributed by atoms with van der Waals surface area (Å²) in [5.41, 5.74) is 0. The number of carbonyl (C=O) groups is 1. The zero-order valence-corrected chi connectivity index (χ0v) is 12.5. The minimum atomic E-state index is -0.740. The Balaban J connectivity index is 2.97. The normalized spacial score (nSPS) is 11.2. The summed E-state index contributed by atoms with van der Waals surface area (Å²) in [6.45, 7) is -0.109. The van der Waals surface area contributed by atoms with Gasteiger partial charge >= 0.3 is 5.97 Å². The van der Waals surface area contributed by atoms with Gasteiger partial charge in [0.25, 0.3) is 0 Å². The van der Waals surface area contributed by atoms with Crippen LogP contribution in [0.2, 0.25) is 0 Å². The van der Waals surface area contributed by atoms with Gasteiger partial charge in [-0.05, 0) is 12.8 Å². The van der Waals surface area contributed by atoms with E-state index in [2.05, 4.69) is 0 Å². The molecule has 1 N–H and O–H groups in total. The van der Waals surface area contributed by atoms with Crippen molar-refractivity contribution < 1.29 is 18.9 Å². The quantitative estimate of drug-likeness (QED) is 0.333. The number of aliphatic carboxylic acids is 1. The van der Waals surface area contributed by atoms with Crippen LogP contribution in [0, 0.1) is 0 Å². The van der Waals surface area contributed by atoms with Gasteiger partial charge in [0, 0.05) is 11.8 Å². The van der Waals surface area contributed by atoms with Crippen LogP contribution < -0.4 is 0 Å². The summed E-state index contributed by atoms with van der Waals surface area (Å²) in [5.74, 6) is -0.698. The van der Waals surface area contributed by atoms with Crippen molar-refractivity contribution in [2.75, 3.05) is 6.54 Å². The first-order chi connectivity index (χ1) is 9.63. The van der Waals surface area contributed by atoms with E-state index in [0.29, 0.717) is 12.8 Å². The van der Waals surface area contributed by atoms with E-state index in [1.165, 1.54) is 32.1 Å². The Morgan fingerprint density at radius 2 is 1.05 bits per heavy atom. The third kappa shape index (κ3) is 17.3. The largest absolute Gasteiger partial charge is 0.481 e. The number of unbranched alkanes of at least 4 members (excludes halogenated alkanes) is 11. The van der Waals surface area contributed by atoms with Crippen LogP contribution >= 0.6 is 0 Å². The molecule has 0 aromatic rings. The molecule has 0 saturated heterocycles. The summed E-state index contributed by atoms with van der Waals surface area (Å²) >= 11 is 0. The van der Waals surface area contributed by atoms with E-state index < -0.39 is 11.3 Å². The summed E-state index contributed by atoms with van der Waals surface area (Å²) in [6.07, 6.45) is 13.0. The van der Waals surface area contributed by atoms with E-state index in [1.54, 1.807) is 0 Å². The molecule has 0 aliphatic rings. The Labute approximate surface area is 121 Å². The third-order valence-electron chi connectivity index (χ3n) is 3.47. The number of halogens is 2. The van der Waals surface area contributed by atoms with Crippen LogP contribution in [0.4, 0.5) is 8.96 Å².